The average molecular weight is 250 g/mol. The Hall–Kier alpha value is -0.900. The van der Waals surface area contributed by atoms with Crippen LogP contribution in [0.3, 0.4) is 0 Å². The number of nitrogens with zero attached hydrogens (tertiary/aromatic N) is 3. The Balaban J connectivity index is 2.04. The summed E-state index contributed by atoms with van der Waals surface area (Å²) in [6.45, 7) is 6.85. The molecule has 0 radical (unpaired) electrons. The quantitative estimate of drug-likeness (QED) is 0.816. The second-order valence-corrected chi connectivity index (χ2v) is 5.77. The van der Waals surface area contributed by atoms with Gasteiger partial charge in [0.15, 0.2) is 0 Å². The van der Waals surface area contributed by atoms with E-state index in [2.05, 4.69) is 29.5 Å². The van der Waals surface area contributed by atoms with Crippen LogP contribution in [0, 0.1) is 11.8 Å². The standard InChI is InChI=1S/C14H26N4/c1-4-7-15-9-12-6-5-11(2)8-13(12)14-10-16-17-18(14)3/h10-13,15H,4-9H2,1-3H3. The molecule has 1 aromatic heterocycles. The Morgan fingerprint density at radius 2 is 2.28 bits per heavy atom. The van der Waals surface area contributed by atoms with Gasteiger partial charge in [-0.3, -0.25) is 4.68 Å². The Kier molecular flexibility index (Phi) is 4.75. The zero-order valence-electron chi connectivity index (χ0n) is 11.9. The van der Waals surface area contributed by atoms with Crippen molar-refractivity contribution < 1.29 is 0 Å². The molecular formula is C14H26N4. The van der Waals surface area contributed by atoms with Crippen molar-refractivity contribution in [3.63, 3.8) is 0 Å². The van der Waals surface area contributed by atoms with E-state index >= 15 is 0 Å². The fourth-order valence-electron chi connectivity index (χ4n) is 3.15. The highest BCUT2D eigenvalue weighted by molar-refractivity contribution is 5.07. The molecule has 3 unspecified atom stereocenters. The van der Waals surface area contributed by atoms with Gasteiger partial charge >= 0.3 is 0 Å². The van der Waals surface area contributed by atoms with Crippen molar-refractivity contribution in [1.82, 2.24) is 20.3 Å². The number of hydrogen-bond acceptors (Lipinski definition) is 3. The Morgan fingerprint density at radius 1 is 1.44 bits per heavy atom. The predicted molar refractivity (Wildman–Crippen MR) is 73.4 cm³/mol. The SMILES string of the molecule is CCCNCC1CCC(C)CC1c1cnnn1C. The normalized spacial score (nSPS) is 28.5. The summed E-state index contributed by atoms with van der Waals surface area (Å²) in [5.41, 5.74) is 1.31. The minimum Gasteiger partial charge on any atom is -0.316 e. The molecule has 3 atom stereocenters. The molecule has 0 bridgehead atoms. The van der Waals surface area contributed by atoms with Crippen LogP contribution < -0.4 is 5.32 Å². The summed E-state index contributed by atoms with van der Waals surface area (Å²) < 4.78 is 1.95. The van der Waals surface area contributed by atoms with E-state index in [1.54, 1.807) is 0 Å². The number of aryl methyl sites for hydroxylation is 1. The smallest absolute Gasteiger partial charge is 0.0728 e. The van der Waals surface area contributed by atoms with Crippen LogP contribution in [0.5, 0.6) is 0 Å². The van der Waals surface area contributed by atoms with Gasteiger partial charge in [-0.1, -0.05) is 25.5 Å². The van der Waals surface area contributed by atoms with Crippen molar-refractivity contribution in [2.24, 2.45) is 18.9 Å². The van der Waals surface area contributed by atoms with Crippen molar-refractivity contribution >= 4 is 0 Å². The van der Waals surface area contributed by atoms with Crippen LogP contribution in [0.1, 0.15) is 51.1 Å². The molecule has 0 saturated heterocycles. The van der Waals surface area contributed by atoms with Crippen LogP contribution in [-0.4, -0.2) is 28.1 Å². The lowest BCUT2D eigenvalue weighted by Gasteiger charge is -2.34. The van der Waals surface area contributed by atoms with Crippen LogP contribution in [-0.2, 0) is 7.05 Å². The number of aromatic nitrogens is 3. The molecule has 1 aromatic rings. The first-order chi connectivity index (χ1) is 8.72. The largest absolute Gasteiger partial charge is 0.316 e. The van der Waals surface area contributed by atoms with E-state index in [9.17, 15) is 0 Å². The molecule has 1 heterocycles. The van der Waals surface area contributed by atoms with Crippen LogP contribution in [0.2, 0.25) is 0 Å². The Labute approximate surface area is 110 Å². The van der Waals surface area contributed by atoms with Crippen LogP contribution in [0.4, 0.5) is 0 Å². The third-order valence-corrected chi connectivity index (χ3v) is 4.22. The van der Waals surface area contributed by atoms with E-state index in [4.69, 9.17) is 0 Å². The van der Waals surface area contributed by atoms with Gasteiger partial charge in [0, 0.05) is 13.0 Å². The molecule has 1 fully saturated rings. The first-order valence-corrected chi connectivity index (χ1v) is 7.27. The van der Waals surface area contributed by atoms with Crippen LogP contribution in [0.15, 0.2) is 6.20 Å². The molecule has 18 heavy (non-hydrogen) atoms. The van der Waals surface area contributed by atoms with E-state index in [-0.39, 0.29) is 0 Å². The summed E-state index contributed by atoms with van der Waals surface area (Å²) in [5.74, 6) is 2.19. The minimum atomic E-state index is 0.623. The Bertz CT molecular complexity index is 360. The summed E-state index contributed by atoms with van der Waals surface area (Å²) in [5, 5.41) is 11.7. The number of hydrogen-bond donors (Lipinski definition) is 1. The molecule has 4 nitrogen and oxygen atoms in total. The zero-order chi connectivity index (χ0) is 13.0. The lowest BCUT2D eigenvalue weighted by molar-refractivity contribution is 0.234. The van der Waals surface area contributed by atoms with Crippen LogP contribution in [0.25, 0.3) is 0 Å². The molecule has 2 rings (SSSR count). The summed E-state index contributed by atoms with van der Waals surface area (Å²) >= 11 is 0. The number of rotatable bonds is 5. The van der Waals surface area contributed by atoms with Crippen molar-refractivity contribution in [2.45, 2.75) is 45.4 Å². The highest BCUT2D eigenvalue weighted by atomic mass is 15.4. The second-order valence-electron chi connectivity index (χ2n) is 5.77. The lowest BCUT2D eigenvalue weighted by Crippen LogP contribution is -2.32. The molecule has 4 heteroatoms. The molecule has 1 N–H and O–H groups in total. The van der Waals surface area contributed by atoms with Gasteiger partial charge in [-0.2, -0.15) is 0 Å². The fourth-order valence-corrected chi connectivity index (χ4v) is 3.15. The second kappa shape index (κ2) is 6.32. The van der Waals surface area contributed by atoms with Gasteiger partial charge in [-0.25, -0.2) is 0 Å². The molecule has 1 saturated carbocycles. The van der Waals surface area contributed by atoms with Gasteiger partial charge in [0.25, 0.3) is 0 Å². The van der Waals surface area contributed by atoms with E-state index in [0.29, 0.717) is 5.92 Å². The summed E-state index contributed by atoms with van der Waals surface area (Å²) in [7, 11) is 2.01. The molecule has 1 aliphatic carbocycles. The van der Waals surface area contributed by atoms with Crippen molar-refractivity contribution in [3.05, 3.63) is 11.9 Å². The van der Waals surface area contributed by atoms with E-state index < -0.39 is 0 Å². The maximum Gasteiger partial charge on any atom is 0.0728 e. The third-order valence-electron chi connectivity index (χ3n) is 4.22. The van der Waals surface area contributed by atoms with Gasteiger partial charge in [0.05, 0.1) is 11.9 Å². The van der Waals surface area contributed by atoms with E-state index in [0.717, 1.165) is 24.9 Å². The predicted octanol–water partition coefficient (Wildman–Crippen LogP) is 2.33. The molecule has 102 valence electrons. The van der Waals surface area contributed by atoms with Crippen molar-refractivity contribution in [2.75, 3.05) is 13.1 Å². The van der Waals surface area contributed by atoms with Gasteiger partial charge in [0.1, 0.15) is 0 Å². The Morgan fingerprint density at radius 3 is 2.94 bits per heavy atom. The summed E-state index contributed by atoms with van der Waals surface area (Å²) in [6, 6.07) is 0. The molecule has 0 spiro atoms. The minimum absolute atomic E-state index is 0.623. The van der Waals surface area contributed by atoms with Crippen molar-refractivity contribution in [1.29, 1.82) is 0 Å². The lowest BCUT2D eigenvalue weighted by atomic mass is 9.73. The summed E-state index contributed by atoms with van der Waals surface area (Å²) in [4.78, 5) is 0. The number of nitrogens with one attached hydrogen (secondary N) is 1. The fraction of sp³-hybridized carbons (Fsp3) is 0.857. The average Bonchev–Trinajstić information content (AvgIpc) is 2.77. The van der Waals surface area contributed by atoms with Crippen LogP contribution >= 0.6 is 0 Å². The monoisotopic (exact) mass is 250 g/mol. The highest BCUT2D eigenvalue weighted by Crippen LogP contribution is 2.39. The zero-order valence-corrected chi connectivity index (χ0v) is 11.9. The summed E-state index contributed by atoms with van der Waals surface area (Å²) in [6.07, 6.45) is 7.13. The third kappa shape index (κ3) is 3.10. The van der Waals surface area contributed by atoms with Gasteiger partial charge in [-0.05, 0) is 44.2 Å². The molecule has 0 aromatic carbocycles. The molecule has 0 aliphatic heterocycles. The van der Waals surface area contributed by atoms with Gasteiger partial charge < -0.3 is 5.32 Å². The van der Waals surface area contributed by atoms with Crippen molar-refractivity contribution in [3.8, 4) is 0 Å². The molecule has 0 amide bonds. The van der Waals surface area contributed by atoms with E-state index in [1.165, 1.54) is 31.4 Å². The topological polar surface area (TPSA) is 42.7 Å². The van der Waals surface area contributed by atoms with E-state index in [1.807, 2.05) is 17.9 Å². The highest BCUT2D eigenvalue weighted by Gasteiger charge is 2.31. The maximum absolute atomic E-state index is 4.09. The van der Waals surface area contributed by atoms with Gasteiger partial charge in [-0.15, -0.1) is 5.10 Å². The molecular weight excluding hydrogens is 224 g/mol. The maximum atomic E-state index is 4.09. The molecule has 1 aliphatic rings. The van der Waals surface area contributed by atoms with Gasteiger partial charge in [0.2, 0.25) is 0 Å². The first-order valence-electron chi connectivity index (χ1n) is 7.27. The first kappa shape index (κ1) is 13.5.